The van der Waals surface area contributed by atoms with Gasteiger partial charge in [-0.2, -0.15) is 0 Å². The quantitative estimate of drug-likeness (QED) is 0.525. The first-order valence-corrected chi connectivity index (χ1v) is 13.6. The number of nitrogens with one attached hydrogen (secondary N) is 3. The van der Waals surface area contributed by atoms with E-state index in [4.69, 9.17) is 21.3 Å². The summed E-state index contributed by atoms with van der Waals surface area (Å²) in [6.45, 7) is 6.12. The molecule has 3 saturated heterocycles. The van der Waals surface area contributed by atoms with Crippen molar-refractivity contribution in [2.75, 3.05) is 44.2 Å². The Morgan fingerprint density at radius 3 is 2.90 bits per heavy atom. The maximum absolute atomic E-state index is 14.3. The van der Waals surface area contributed by atoms with Gasteiger partial charge in [-0.15, -0.1) is 0 Å². The Morgan fingerprint density at radius 2 is 2.13 bits per heavy atom. The van der Waals surface area contributed by atoms with E-state index in [0.717, 1.165) is 54.5 Å². The van der Waals surface area contributed by atoms with Crippen molar-refractivity contribution in [3.05, 3.63) is 87.8 Å². The number of aromatic nitrogens is 1. The lowest BCUT2D eigenvalue weighted by molar-refractivity contribution is 0.0758. The van der Waals surface area contributed by atoms with Gasteiger partial charge in [0.2, 0.25) is 0 Å². The summed E-state index contributed by atoms with van der Waals surface area (Å²) in [6, 6.07) is 8.51. The molecule has 1 spiro atoms. The second kappa shape index (κ2) is 9.34. The standard InChI is InChI=1S/C28H29ClFN7O2/c1-2-39-18-10-19(25-20-12-32-33-26(20)34-37(25)13-18)17-6-7-23(31-11-17)36-15-28(16-36)8-9-35(14-28)27(38)24-21(29)4-3-5-22(24)30/h3-7,10-11,13,26,32-34H,2,8-9,12,14-16H2,1H3. The Labute approximate surface area is 230 Å². The van der Waals surface area contributed by atoms with Crippen molar-refractivity contribution in [2.45, 2.75) is 19.5 Å². The molecule has 11 heteroatoms. The van der Waals surface area contributed by atoms with Gasteiger partial charge in [-0.25, -0.2) is 20.2 Å². The van der Waals surface area contributed by atoms with Crippen LogP contribution in [0.2, 0.25) is 5.02 Å². The number of halogens is 2. The molecule has 202 valence electrons. The molecule has 3 fully saturated rings. The number of benzene rings is 1. The summed E-state index contributed by atoms with van der Waals surface area (Å²) in [4.78, 5) is 21.8. The highest BCUT2D eigenvalue weighted by atomic mass is 35.5. The van der Waals surface area contributed by atoms with Gasteiger partial charge >= 0.3 is 0 Å². The van der Waals surface area contributed by atoms with E-state index >= 15 is 0 Å². The van der Waals surface area contributed by atoms with E-state index in [0.29, 0.717) is 19.7 Å². The SMILES string of the molecule is CCOC1=CN2NC3NNCC3=C2C(c2ccc(N3CC4(CCN(C(=O)c5c(F)cccc5Cl)C4)C3)nc2)=C1. The third-order valence-electron chi connectivity index (χ3n) is 8.13. The minimum absolute atomic E-state index is 0.00315. The number of allylic oxidation sites excluding steroid dienone is 2. The topological polar surface area (TPSA) is 85.0 Å². The highest BCUT2D eigenvalue weighted by molar-refractivity contribution is 6.33. The summed E-state index contributed by atoms with van der Waals surface area (Å²) >= 11 is 6.14. The van der Waals surface area contributed by atoms with Crippen LogP contribution in [0.4, 0.5) is 10.2 Å². The Balaban J connectivity index is 1.06. The number of hydrogen-bond donors (Lipinski definition) is 3. The first kappa shape index (κ1) is 24.6. The van der Waals surface area contributed by atoms with Crippen LogP contribution in [0.5, 0.6) is 0 Å². The second-order valence-electron chi connectivity index (χ2n) is 10.7. The van der Waals surface area contributed by atoms with Gasteiger partial charge in [0.15, 0.2) is 0 Å². The fourth-order valence-electron chi connectivity index (χ4n) is 6.26. The number of ether oxygens (including phenoxy) is 1. The average Bonchev–Trinajstić information content (AvgIpc) is 3.63. The van der Waals surface area contributed by atoms with E-state index in [9.17, 15) is 9.18 Å². The predicted molar refractivity (Wildman–Crippen MR) is 145 cm³/mol. The molecule has 0 bridgehead atoms. The number of pyridine rings is 1. The smallest absolute Gasteiger partial charge is 0.258 e. The maximum atomic E-state index is 14.3. The third-order valence-corrected chi connectivity index (χ3v) is 8.45. The monoisotopic (exact) mass is 549 g/mol. The summed E-state index contributed by atoms with van der Waals surface area (Å²) < 4.78 is 20.1. The van der Waals surface area contributed by atoms with Crippen LogP contribution in [0.15, 0.2) is 65.8 Å². The zero-order chi connectivity index (χ0) is 26.7. The van der Waals surface area contributed by atoms with Crippen LogP contribution >= 0.6 is 11.6 Å². The molecule has 1 aromatic carbocycles. The lowest BCUT2D eigenvalue weighted by Gasteiger charge is -2.48. The van der Waals surface area contributed by atoms with Gasteiger partial charge < -0.3 is 14.5 Å². The molecule has 9 nitrogen and oxygen atoms in total. The predicted octanol–water partition coefficient (Wildman–Crippen LogP) is 3.01. The van der Waals surface area contributed by atoms with E-state index in [1.54, 1.807) is 11.0 Å². The molecule has 1 aromatic heterocycles. The van der Waals surface area contributed by atoms with Crippen molar-refractivity contribution in [1.29, 1.82) is 0 Å². The van der Waals surface area contributed by atoms with Crippen LogP contribution in [0.25, 0.3) is 5.57 Å². The largest absolute Gasteiger partial charge is 0.492 e. The van der Waals surface area contributed by atoms with Crippen LogP contribution in [0.1, 0.15) is 29.3 Å². The van der Waals surface area contributed by atoms with Crippen molar-refractivity contribution in [2.24, 2.45) is 5.41 Å². The van der Waals surface area contributed by atoms with Gasteiger partial charge in [-0.3, -0.25) is 15.2 Å². The van der Waals surface area contributed by atoms with Gasteiger partial charge in [0.25, 0.3) is 5.91 Å². The minimum atomic E-state index is -0.575. The zero-order valence-corrected chi connectivity index (χ0v) is 22.3. The van der Waals surface area contributed by atoms with Crippen LogP contribution in [0.3, 0.4) is 0 Å². The van der Waals surface area contributed by atoms with Crippen molar-refractivity contribution in [3.8, 4) is 0 Å². The summed E-state index contributed by atoms with van der Waals surface area (Å²) in [5.41, 5.74) is 14.3. The molecule has 2 aromatic rings. The van der Waals surface area contributed by atoms with Gasteiger partial charge in [-0.1, -0.05) is 17.7 Å². The molecular formula is C28H29ClFN7O2. The molecule has 5 aliphatic heterocycles. The number of nitrogens with zero attached hydrogens (tertiary/aromatic N) is 4. The number of fused-ring (bicyclic) bond motifs is 2. The molecule has 0 saturated carbocycles. The van der Waals surface area contributed by atoms with E-state index in [2.05, 4.69) is 39.4 Å². The number of carbonyl (C=O) groups excluding carboxylic acids is 1. The number of likely N-dealkylation sites (tertiary alicyclic amines) is 1. The second-order valence-corrected chi connectivity index (χ2v) is 11.1. The lowest BCUT2D eigenvalue weighted by atomic mass is 9.79. The van der Waals surface area contributed by atoms with Crippen molar-refractivity contribution in [1.82, 2.24) is 31.2 Å². The van der Waals surface area contributed by atoms with Gasteiger partial charge in [0, 0.05) is 61.0 Å². The summed E-state index contributed by atoms with van der Waals surface area (Å²) in [5, 5.41) is 2.18. The number of hydrazine groups is 2. The van der Waals surface area contributed by atoms with E-state index in [1.165, 1.54) is 17.7 Å². The van der Waals surface area contributed by atoms with Crippen LogP contribution < -0.4 is 21.2 Å². The van der Waals surface area contributed by atoms with Gasteiger partial charge in [0.1, 0.15) is 23.6 Å². The van der Waals surface area contributed by atoms with Gasteiger partial charge in [0.05, 0.1) is 29.1 Å². The molecular weight excluding hydrogens is 521 g/mol. The molecule has 0 aliphatic carbocycles. The third kappa shape index (κ3) is 4.10. The van der Waals surface area contributed by atoms with Gasteiger partial charge in [-0.05, 0) is 43.7 Å². The fourth-order valence-corrected chi connectivity index (χ4v) is 6.50. The Hall–Kier alpha value is -3.44. The summed E-state index contributed by atoms with van der Waals surface area (Å²) in [6.07, 6.45) is 6.89. The number of carbonyl (C=O) groups is 1. The summed E-state index contributed by atoms with van der Waals surface area (Å²) in [5.74, 6) is 0.791. The molecule has 1 unspecified atom stereocenters. The van der Waals surface area contributed by atoms with Crippen molar-refractivity contribution < 1.29 is 13.9 Å². The Kier molecular flexibility index (Phi) is 5.89. The minimum Gasteiger partial charge on any atom is -0.492 e. The maximum Gasteiger partial charge on any atom is 0.258 e. The highest BCUT2D eigenvalue weighted by Gasteiger charge is 2.49. The van der Waals surface area contributed by atoms with Crippen molar-refractivity contribution in [3.63, 3.8) is 0 Å². The number of hydrogen-bond acceptors (Lipinski definition) is 8. The molecule has 0 radical (unpaired) electrons. The molecule has 7 rings (SSSR count). The molecule has 6 heterocycles. The molecule has 39 heavy (non-hydrogen) atoms. The average molecular weight is 550 g/mol. The normalized spacial score (nSPS) is 23.1. The van der Waals surface area contributed by atoms with Crippen LogP contribution in [-0.2, 0) is 4.74 Å². The Bertz CT molecular complexity index is 1410. The number of anilines is 1. The highest BCUT2D eigenvalue weighted by Crippen LogP contribution is 2.43. The van der Waals surface area contributed by atoms with E-state index in [-0.39, 0.29) is 28.1 Å². The Morgan fingerprint density at radius 1 is 1.26 bits per heavy atom. The first-order chi connectivity index (χ1) is 18.9. The van der Waals surface area contributed by atoms with E-state index in [1.807, 2.05) is 24.3 Å². The van der Waals surface area contributed by atoms with Crippen molar-refractivity contribution >= 4 is 28.9 Å². The first-order valence-electron chi connectivity index (χ1n) is 13.2. The van der Waals surface area contributed by atoms with E-state index < -0.39 is 5.82 Å². The molecule has 1 atom stereocenters. The fraction of sp³-hybridized carbons (Fsp3) is 0.357. The molecule has 3 N–H and O–H groups in total. The van der Waals surface area contributed by atoms with Crippen LogP contribution in [0, 0.1) is 11.2 Å². The molecule has 5 aliphatic rings. The van der Waals surface area contributed by atoms with Crippen LogP contribution in [-0.4, -0.2) is 66.3 Å². The lowest BCUT2D eigenvalue weighted by Crippen LogP contribution is -2.58. The number of rotatable bonds is 5. The number of amides is 1. The zero-order valence-electron chi connectivity index (χ0n) is 21.5. The summed E-state index contributed by atoms with van der Waals surface area (Å²) in [7, 11) is 0. The molecule has 1 amide bonds.